The van der Waals surface area contributed by atoms with Crippen LogP contribution in [0.3, 0.4) is 0 Å². The summed E-state index contributed by atoms with van der Waals surface area (Å²) in [5.74, 6) is 1.49. The lowest BCUT2D eigenvalue weighted by atomic mass is 10.0. The molecule has 2 aliphatic rings. The standard InChI is InChI=1S/C20H22N4O2S/c1-13-5-4-8-22(11-13)16(25)12-24-15-7-3-2-6-14(15)17-18(24)19(26)23-9-10-27-20(23)21-17/h2-3,6-7,13H,4-5,8-12H2,1H3/t13-/m0/s1. The number of rotatable bonds is 2. The number of carbonyl (C=O) groups excluding carboxylic acids is 1. The van der Waals surface area contributed by atoms with Gasteiger partial charge in [-0.25, -0.2) is 4.98 Å². The molecule has 7 heteroatoms. The van der Waals surface area contributed by atoms with Gasteiger partial charge in [0, 0.05) is 30.8 Å². The Labute approximate surface area is 161 Å². The second-order valence-corrected chi connectivity index (χ2v) is 8.65. The third kappa shape index (κ3) is 2.67. The Bertz CT molecular complexity index is 1120. The Hall–Kier alpha value is -2.28. The van der Waals surface area contributed by atoms with E-state index in [1.807, 2.05) is 33.7 Å². The summed E-state index contributed by atoms with van der Waals surface area (Å²) in [6, 6.07) is 7.88. The van der Waals surface area contributed by atoms with Crippen molar-refractivity contribution >= 4 is 39.6 Å². The molecule has 1 saturated heterocycles. The molecule has 0 aliphatic carbocycles. The van der Waals surface area contributed by atoms with Gasteiger partial charge >= 0.3 is 0 Å². The fourth-order valence-corrected chi connectivity index (χ4v) is 5.28. The van der Waals surface area contributed by atoms with Gasteiger partial charge in [-0.05, 0) is 24.8 Å². The summed E-state index contributed by atoms with van der Waals surface area (Å²) in [5, 5.41) is 1.73. The molecule has 5 rings (SSSR count). The first-order valence-corrected chi connectivity index (χ1v) is 10.5. The van der Waals surface area contributed by atoms with Gasteiger partial charge in [-0.3, -0.25) is 14.2 Å². The first kappa shape index (κ1) is 16.9. The van der Waals surface area contributed by atoms with Crippen molar-refractivity contribution in [3.63, 3.8) is 0 Å². The van der Waals surface area contributed by atoms with Crippen molar-refractivity contribution in [3.8, 4) is 0 Å². The molecule has 0 bridgehead atoms. The van der Waals surface area contributed by atoms with Crippen molar-refractivity contribution in [1.82, 2.24) is 19.0 Å². The fourth-order valence-electron chi connectivity index (χ4n) is 4.34. The van der Waals surface area contributed by atoms with E-state index in [2.05, 4.69) is 6.92 Å². The molecule has 1 aromatic carbocycles. The number of fused-ring (bicyclic) bond motifs is 4. The number of amides is 1. The molecule has 1 fully saturated rings. The monoisotopic (exact) mass is 382 g/mol. The summed E-state index contributed by atoms with van der Waals surface area (Å²) >= 11 is 1.62. The number of piperidine rings is 1. The van der Waals surface area contributed by atoms with E-state index in [0.717, 1.165) is 46.8 Å². The molecule has 3 aromatic rings. The summed E-state index contributed by atoms with van der Waals surface area (Å²) in [5.41, 5.74) is 2.15. The summed E-state index contributed by atoms with van der Waals surface area (Å²) in [6.45, 7) is 4.68. The summed E-state index contributed by atoms with van der Waals surface area (Å²) in [7, 11) is 0. The highest BCUT2D eigenvalue weighted by Crippen LogP contribution is 2.30. The van der Waals surface area contributed by atoms with Crippen LogP contribution in [0.25, 0.3) is 21.9 Å². The van der Waals surface area contributed by atoms with E-state index >= 15 is 0 Å². The van der Waals surface area contributed by atoms with Gasteiger partial charge in [-0.2, -0.15) is 0 Å². The van der Waals surface area contributed by atoms with Crippen LogP contribution in [-0.2, 0) is 17.9 Å². The predicted octanol–water partition coefficient (Wildman–Crippen LogP) is 2.72. The maximum Gasteiger partial charge on any atom is 0.278 e. The zero-order valence-corrected chi connectivity index (χ0v) is 16.2. The summed E-state index contributed by atoms with van der Waals surface area (Å²) < 4.78 is 3.63. The number of nitrogens with zero attached hydrogens (tertiary/aromatic N) is 4. The van der Waals surface area contributed by atoms with Gasteiger partial charge in [-0.15, -0.1) is 0 Å². The average molecular weight is 382 g/mol. The second-order valence-electron chi connectivity index (χ2n) is 7.59. The molecule has 27 heavy (non-hydrogen) atoms. The van der Waals surface area contributed by atoms with Crippen LogP contribution in [0, 0.1) is 5.92 Å². The number of thioether (sulfide) groups is 1. The number of para-hydroxylation sites is 1. The van der Waals surface area contributed by atoms with Crippen LogP contribution in [0.4, 0.5) is 0 Å². The fraction of sp³-hybridized carbons (Fsp3) is 0.450. The lowest BCUT2D eigenvalue weighted by Gasteiger charge is -2.31. The van der Waals surface area contributed by atoms with E-state index in [9.17, 15) is 9.59 Å². The maximum atomic E-state index is 13.2. The predicted molar refractivity (Wildman–Crippen MR) is 107 cm³/mol. The number of hydrogen-bond donors (Lipinski definition) is 0. The van der Waals surface area contributed by atoms with Crippen LogP contribution in [0.1, 0.15) is 19.8 Å². The summed E-state index contributed by atoms with van der Waals surface area (Å²) in [6.07, 6.45) is 2.23. The first-order valence-electron chi connectivity index (χ1n) is 9.56. The van der Waals surface area contributed by atoms with E-state index in [-0.39, 0.29) is 18.0 Å². The van der Waals surface area contributed by atoms with Gasteiger partial charge in [0.1, 0.15) is 17.6 Å². The number of likely N-dealkylation sites (tertiary alicyclic amines) is 1. The molecule has 6 nitrogen and oxygen atoms in total. The number of benzene rings is 1. The van der Waals surface area contributed by atoms with Crippen LogP contribution >= 0.6 is 11.8 Å². The number of aromatic nitrogens is 3. The van der Waals surface area contributed by atoms with Crippen molar-refractivity contribution < 1.29 is 4.79 Å². The van der Waals surface area contributed by atoms with Crippen molar-refractivity contribution in [2.75, 3.05) is 18.8 Å². The highest BCUT2D eigenvalue weighted by molar-refractivity contribution is 7.99. The van der Waals surface area contributed by atoms with E-state index in [4.69, 9.17) is 4.98 Å². The minimum atomic E-state index is -0.0315. The highest BCUT2D eigenvalue weighted by atomic mass is 32.2. The van der Waals surface area contributed by atoms with Gasteiger partial charge < -0.3 is 9.47 Å². The molecular formula is C20H22N4O2S. The third-order valence-corrected chi connectivity index (χ3v) is 6.64. The van der Waals surface area contributed by atoms with Crippen molar-refractivity contribution in [1.29, 1.82) is 0 Å². The molecular weight excluding hydrogens is 360 g/mol. The molecule has 140 valence electrons. The van der Waals surface area contributed by atoms with Crippen molar-refractivity contribution in [2.45, 2.75) is 38.0 Å². The smallest absolute Gasteiger partial charge is 0.278 e. The van der Waals surface area contributed by atoms with Crippen molar-refractivity contribution in [2.24, 2.45) is 5.92 Å². The summed E-state index contributed by atoms with van der Waals surface area (Å²) in [4.78, 5) is 32.9. The number of carbonyl (C=O) groups is 1. The largest absolute Gasteiger partial charge is 0.341 e. The van der Waals surface area contributed by atoms with Crippen LogP contribution in [0.15, 0.2) is 34.2 Å². The zero-order chi connectivity index (χ0) is 18.5. The van der Waals surface area contributed by atoms with Gasteiger partial charge in [0.05, 0.1) is 5.52 Å². The maximum absolute atomic E-state index is 13.2. The van der Waals surface area contributed by atoms with Gasteiger partial charge in [0.25, 0.3) is 5.56 Å². The SMILES string of the molecule is C[C@H]1CCCN(C(=O)Cn2c3ccccc3c3nc4n(c(=O)c32)CCS4)C1. The minimum Gasteiger partial charge on any atom is -0.341 e. The molecule has 0 N–H and O–H groups in total. The molecule has 0 saturated carbocycles. The Kier molecular flexibility index (Phi) is 4.00. The van der Waals surface area contributed by atoms with Crippen LogP contribution < -0.4 is 5.56 Å². The van der Waals surface area contributed by atoms with Gasteiger partial charge in [-0.1, -0.05) is 36.9 Å². The van der Waals surface area contributed by atoms with Crippen molar-refractivity contribution in [3.05, 3.63) is 34.6 Å². The first-order chi connectivity index (χ1) is 13.1. The van der Waals surface area contributed by atoms with Gasteiger partial charge in [0.2, 0.25) is 5.91 Å². The topological polar surface area (TPSA) is 60.1 Å². The van der Waals surface area contributed by atoms with Crippen LogP contribution in [0.5, 0.6) is 0 Å². The zero-order valence-electron chi connectivity index (χ0n) is 15.4. The third-order valence-electron chi connectivity index (χ3n) is 5.68. The van der Waals surface area contributed by atoms with E-state index < -0.39 is 0 Å². The Morgan fingerprint density at radius 2 is 2.15 bits per heavy atom. The molecule has 0 radical (unpaired) electrons. The van der Waals surface area contributed by atoms with E-state index in [0.29, 0.717) is 18.0 Å². The molecule has 2 aromatic heterocycles. The quantitative estimate of drug-likeness (QED) is 0.640. The highest BCUT2D eigenvalue weighted by Gasteiger charge is 2.26. The lowest BCUT2D eigenvalue weighted by molar-refractivity contribution is -0.133. The average Bonchev–Trinajstić information content (AvgIpc) is 3.26. The molecule has 1 amide bonds. The molecule has 0 spiro atoms. The Morgan fingerprint density at radius 3 is 3.00 bits per heavy atom. The molecule has 1 atom stereocenters. The normalized spacial score (nSPS) is 19.7. The lowest BCUT2D eigenvalue weighted by Crippen LogP contribution is -2.41. The number of hydrogen-bond acceptors (Lipinski definition) is 4. The van der Waals surface area contributed by atoms with Crippen LogP contribution in [-0.4, -0.2) is 43.8 Å². The second kappa shape index (κ2) is 6.41. The molecule has 2 aliphatic heterocycles. The van der Waals surface area contributed by atoms with E-state index in [1.165, 1.54) is 6.42 Å². The Balaban J connectivity index is 1.66. The molecule has 4 heterocycles. The van der Waals surface area contributed by atoms with Crippen LogP contribution in [0.2, 0.25) is 0 Å². The van der Waals surface area contributed by atoms with E-state index in [1.54, 1.807) is 16.3 Å². The Morgan fingerprint density at radius 1 is 1.30 bits per heavy atom. The minimum absolute atomic E-state index is 0.0315. The van der Waals surface area contributed by atoms with Gasteiger partial charge in [0.15, 0.2) is 5.16 Å². The molecule has 0 unspecified atom stereocenters.